The van der Waals surface area contributed by atoms with Gasteiger partial charge < -0.3 is 5.73 Å². The minimum absolute atomic E-state index is 0.232. The number of primary amides is 1. The van der Waals surface area contributed by atoms with E-state index in [-0.39, 0.29) is 5.69 Å². The summed E-state index contributed by atoms with van der Waals surface area (Å²) >= 11 is 0. The van der Waals surface area contributed by atoms with Gasteiger partial charge in [0.25, 0.3) is 5.91 Å². The summed E-state index contributed by atoms with van der Waals surface area (Å²) in [4.78, 5) is 11.0. The lowest BCUT2D eigenvalue weighted by Crippen LogP contribution is -2.13. The lowest BCUT2D eigenvalue weighted by atomic mass is 10.2. The van der Waals surface area contributed by atoms with E-state index in [1.54, 1.807) is 11.6 Å². The molecular formula is C11H12N4O. The number of carbonyl (C=O) groups excluding carboxylic acids is 1. The summed E-state index contributed by atoms with van der Waals surface area (Å²) in [6.45, 7) is 2.37. The molecule has 16 heavy (non-hydrogen) atoms. The molecule has 1 heterocycles. The van der Waals surface area contributed by atoms with Crippen molar-refractivity contribution in [1.29, 1.82) is 0 Å². The summed E-state index contributed by atoms with van der Waals surface area (Å²) in [5.74, 6) is -0.545. The van der Waals surface area contributed by atoms with Gasteiger partial charge in [0.1, 0.15) is 0 Å². The number of rotatable bonds is 3. The van der Waals surface area contributed by atoms with Gasteiger partial charge in [-0.15, -0.1) is 5.10 Å². The third-order valence-electron chi connectivity index (χ3n) is 2.39. The molecule has 0 saturated carbocycles. The maximum atomic E-state index is 11.0. The van der Waals surface area contributed by atoms with Gasteiger partial charge in [0.2, 0.25) is 0 Å². The molecule has 5 heteroatoms. The average Bonchev–Trinajstić information content (AvgIpc) is 2.62. The van der Waals surface area contributed by atoms with Crippen LogP contribution in [0.4, 0.5) is 0 Å². The Balaban J connectivity index is 2.26. The van der Waals surface area contributed by atoms with Crippen LogP contribution in [-0.2, 0) is 6.54 Å². The van der Waals surface area contributed by atoms with Gasteiger partial charge in [-0.05, 0) is 12.5 Å². The van der Waals surface area contributed by atoms with Crippen LogP contribution in [0.3, 0.4) is 0 Å². The lowest BCUT2D eigenvalue weighted by Gasteiger charge is -2.02. The highest BCUT2D eigenvalue weighted by atomic mass is 16.1. The minimum Gasteiger partial charge on any atom is -0.364 e. The molecule has 0 spiro atoms. The van der Waals surface area contributed by atoms with E-state index in [4.69, 9.17) is 5.73 Å². The molecule has 0 atom stereocenters. The molecule has 0 saturated heterocycles. The van der Waals surface area contributed by atoms with Crippen LogP contribution in [-0.4, -0.2) is 20.9 Å². The second-order valence-corrected chi connectivity index (χ2v) is 3.53. The van der Waals surface area contributed by atoms with Crippen molar-refractivity contribution in [2.45, 2.75) is 13.5 Å². The number of nitrogens with two attached hydrogens (primary N) is 1. The summed E-state index contributed by atoms with van der Waals surface area (Å²) in [5, 5.41) is 7.65. The van der Waals surface area contributed by atoms with Gasteiger partial charge >= 0.3 is 0 Å². The molecule has 0 unspecified atom stereocenters. The molecule has 0 aliphatic carbocycles. The zero-order valence-electron chi connectivity index (χ0n) is 8.92. The van der Waals surface area contributed by atoms with E-state index < -0.39 is 5.91 Å². The molecule has 2 rings (SSSR count). The van der Waals surface area contributed by atoms with Crippen molar-refractivity contribution in [3.8, 4) is 0 Å². The quantitative estimate of drug-likeness (QED) is 0.822. The van der Waals surface area contributed by atoms with E-state index in [1.807, 2.05) is 30.3 Å². The molecule has 1 amide bonds. The summed E-state index contributed by atoms with van der Waals surface area (Å²) in [6.07, 6.45) is 0. The number of hydrogen-bond acceptors (Lipinski definition) is 3. The van der Waals surface area contributed by atoms with Crippen molar-refractivity contribution in [3.05, 3.63) is 47.3 Å². The van der Waals surface area contributed by atoms with E-state index in [9.17, 15) is 4.79 Å². The number of nitrogens with zero attached hydrogens (tertiary/aromatic N) is 3. The van der Waals surface area contributed by atoms with Crippen LogP contribution >= 0.6 is 0 Å². The van der Waals surface area contributed by atoms with E-state index in [1.165, 1.54) is 0 Å². The fraction of sp³-hybridized carbons (Fsp3) is 0.182. The van der Waals surface area contributed by atoms with Crippen LogP contribution in [0.25, 0.3) is 0 Å². The van der Waals surface area contributed by atoms with Crippen molar-refractivity contribution < 1.29 is 4.79 Å². The third kappa shape index (κ3) is 1.93. The second kappa shape index (κ2) is 4.14. The molecule has 2 aromatic rings. The Morgan fingerprint density at radius 3 is 2.62 bits per heavy atom. The minimum atomic E-state index is -0.545. The zero-order valence-corrected chi connectivity index (χ0v) is 8.92. The van der Waals surface area contributed by atoms with Crippen molar-refractivity contribution >= 4 is 5.91 Å². The first-order valence-corrected chi connectivity index (χ1v) is 4.92. The molecule has 5 nitrogen and oxygen atoms in total. The van der Waals surface area contributed by atoms with Crippen LogP contribution in [0.2, 0.25) is 0 Å². The van der Waals surface area contributed by atoms with Crippen molar-refractivity contribution in [2.24, 2.45) is 5.73 Å². The fourth-order valence-electron chi connectivity index (χ4n) is 1.49. The highest BCUT2D eigenvalue weighted by Crippen LogP contribution is 2.06. The number of hydrogen-bond donors (Lipinski definition) is 1. The normalized spacial score (nSPS) is 10.3. The Kier molecular flexibility index (Phi) is 2.68. The van der Waals surface area contributed by atoms with Crippen LogP contribution in [0.5, 0.6) is 0 Å². The molecule has 1 aromatic carbocycles. The van der Waals surface area contributed by atoms with E-state index >= 15 is 0 Å². The standard InChI is InChI=1S/C11H12N4O/c1-8-10(11(12)16)13-14-15(8)7-9-5-3-2-4-6-9/h2-6H,7H2,1H3,(H2,12,16). The van der Waals surface area contributed by atoms with Gasteiger partial charge in [0, 0.05) is 0 Å². The van der Waals surface area contributed by atoms with Gasteiger partial charge in [-0.3, -0.25) is 4.79 Å². The Labute approximate surface area is 92.9 Å². The van der Waals surface area contributed by atoms with Crippen LogP contribution in [0.1, 0.15) is 21.7 Å². The molecule has 0 radical (unpaired) electrons. The topological polar surface area (TPSA) is 73.8 Å². The molecule has 0 aliphatic rings. The van der Waals surface area contributed by atoms with Gasteiger partial charge in [-0.2, -0.15) is 0 Å². The SMILES string of the molecule is Cc1c(C(N)=O)nnn1Cc1ccccc1. The maximum Gasteiger partial charge on any atom is 0.271 e. The predicted octanol–water partition coefficient (Wildman–Crippen LogP) is 0.734. The first kappa shape index (κ1) is 10.4. The van der Waals surface area contributed by atoms with Crippen molar-refractivity contribution in [1.82, 2.24) is 15.0 Å². The largest absolute Gasteiger partial charge is 0.364 e. The maximum absolute atomic E-state index is 11.0. The van der Waals surface area contributed by atoms with Crippen molar-refractivity contribution in [2.75, 3.05) is 0 Å². The third-order valence-corrected chi connectivity index (χ3v) is 2.39. The number of amides is 1. The van der Waals surface area contributed by atoms with Gasteiger partial charge in [-0.1, -0.05) is 35.5 Å². The summed E-state index contributed by atoms with van der Waals surface area (Å²) in [7, 11) is 0. The highest BCUT2D eigenvalue weighted by Gasteiger charge is 2.12. The first-order valence-electron chi connectivity index (χ1n) is 4.92. The second-order valence-electron chi connectivity index (χ2n) is 3.53. The van der Waals surface area contributed by atoms with Gasteiger partial charge in [0.05, 0.1) is 12.2 Å². The number of carbonyl (C=O) groups is 1. The van der Waals surface area contributed by atoms with Gasteiger partial charge in [0.15, 0.2) is 5.69 Å². The summed E-state index contributed by atoms with van der Waals surface area (Å²) in [5.41, 5.74) is 7.19. The first-order chi connectivity index (χ1) is 7.68. The average molecular weight is 216 g/mol. The molecule has 0 aliphatic heterocycles. The van der Waals surface area contributed by atoms with Gasteiger partial charge in [-0.25, -0.2) is 4.68 Å². The number of benzene rings is 1. The molecule has 0 bridgehead atoms. The molecule has 2 N–H and O–H groups in total. The molecular weight excluding hydrogens is 204 g/mol. The fourth-order valence-corrected chi connectivity index (χ4v) is 1.49. The van der Waals surface area contributed by atoms with Crippen LogP contribution in [0.15, 0.2) is 30.3 Å². The Morgan fingerprint density at radius 1 is 1.38 bits per heavy atom. The highest BCUT2D eigenvalue weighted by molar-refractivity contribution is 5.91. The zero-order chi connectivity index (χ0) is 11.5. The van der Waals surface area contributed by atoms with Crippen LogP contribution in [0, 0.1) is 6.92 Å². The van der Waals surface area contributed by atoms with E-state index in [2.05, 4.69) is 10.3 Å². The van der Waals surface area contributed by atoms with Crippen LogP contribution < -0.4 is 5.73 Å². The smallest absolute Gasteiger partial charge is 0.271 e. The Bertz CT molecular complexity index is 504. The monoisotopic (exact) mass is 216 g/mol. The summed E-state index contributed by atoms with van der Waals surface area (Å²) < 4.78 is 1.66. The summed E-state index contributed by atoms with van der Waals surface area (Å²) in [6, 6.07) is 9.84. The predicted molar refractivity (Wildman–Crippen MR) is 58.8 cm³/mol. The van der Waals surface area contributed by atoms with E-state index in [0.29, 0.717) is 12.2 Å². The Morgan fingerprint density at radius 2 is 2.06 bits per heavy atom. The molecule has 1 aromatic heterocycles. The number of aromatic nitrogens is 3. The molecule has 82 valence electrons. The lowest BCUT2D eigenvalue weighted by molar-refractivity contribution is 0.0995. The van der Waals surface area contributed by atoms with Crippen molar-refractivity contribution in [3.63, 3.8) is 0 Å². The van der Waals surface area contributed by atoms with E-state index in [0.717, 1.165) is 5.56 Å². The molecule has 0 fully saturated rings. The Hall–Kier alpha value is -2.17.